The first-order valence-corrected chi connectivity index (χ1v) is 12.2. The summed E-state index contributed by atoms with van der Waals surface area (Å²) >= 11 is 1.39. The van der Waals surface area contributed by atoms with Gasteiger partial charge in [0.1, 0.15) is 9.88 Å². The maximum atomic E-state index is 12.0. The first kappa shape index (κ1) is 24.6. The Morgan fingerprint density at radius 2 is 2.20 bits per heavy atom. The highest BCUT2D eigenvalue weighted by atomic mass is 32.1. The summed E-state index contributed by atoms with van der Waals surface area (Å²) in [5.74, 6) is 1.33. The van der Waals surface area contributed by atoms with Crippen LogP contribution in [0.5, 0.6) is 0 Å². The second kappa shape index (κ2) is 12.9. The number of carbonyl (C=O) groups excluding carboxylic acids is 1. The highest BCUT2D eigenvalue weighted by molar-refractivity contribution is 7.13. The van der Waals surface area contributed by atoms with E-state index in [9.17, 15) is 4.79 Å². The van der Waals surface area contributed by atoms with Crippen molar-refractivity contribution in [2.75, 3.05) is 39.3 Å². The fourth-order valence-electron chi connectivity index (χ4n) is 3.70. The molecule has 1 aromatic rings. The van der Waals surface area contributed by atoms with Crippen molar-refractivity contribution in [1.29, 1.82) is 0 Å². The van der Waals surface area contributed by atoms with Crippen molar-refractivity contribution >= 4 is 23.3 Å². The average Bonchev–Trinajstić information content (AvgIpc) is 3.10. The number of unbranched alkanes of at least 4 members (excludes halogenated alkanes) is 1. The minimum atomic E-state index is -0.297. The normalized spacial score (nSPS) is 18.8. The molecule has 2 N–H and O–H groups in total. The number of ether oxygens (including phenoxy) is 1. The van der Waals surface area contributed by atoms with Crippen LogP contribution in [0.3, 0.4) is 0 Å². The molecule has 7 nitrogen and oxygen atoms in total. The second-order valence-corrected chi connectivity index (χ2v) is 9.10. The topological polar surface area (TPSA) is 78.9 Å². The van der Waals surface area contributed by atoms with E-state index in [0.29, 0.717) is 11.5 Å². The van der Waals surface area contributed by atoms with Gasteiger partial charge in [-0.05, 0) is 72.4 Å². The number of rotatable bonds is 10. The number of esters is 1. The molecule has 170 valence electrons. The third-order valence-electron chi connectivity index (χ3n) is 5.24. The Bertz CT molecular complexity index is 691. The lowest BCUT2D eigenvalue weighted by molar-refractivity contribution is 0.0531. The molecular weight excluding hydrogens is 398 g/mol. The molecule has 30 heavy (non-hydrogen) atoms. The quantitative estimate of drug-likeness (QED) is 0.251. The number of carbonyl (C=O) groups is 1. The maximum absolute atomic E-state index is 12.0. The summed E-state index contributed by atoms with van der Waals surface area (Å²) in [7, 11) is 0. The smallest absolute Gasteiger partial charge is 0.350 e. The molecule has 0 radical (unpaired) electrons. The molecule has 2 heterocycles. The Morgan fingerprint density at radius 1 is 1.40 bits per heavy atom. The molecule has 0 aliphatic carbocycles. The van der Waals surface area contributed by atoms with Crippen LogP contribution < -0.4 is 10.6 Å². The van der Waals surface area contributed by atoms with Crippen molar-refractivity contribution in [3.8, 4) is 0 Å². The molecule has 1 saturated heterocycles. The van der Waals surface area contributed by atoms with E-state index < -0.39 is 0 Å². The number of aromatic nitrogens is 1. The standard InChI is InChI=1S/C22H39N5O2S/c1-6-23-22(24-12-8-9-13-27-14-10-11-16(3)15-27)26-18(5)20-25-17(4)19(30-20)21(28)29-7-2/h16,18H,6-15H2,1-5H3,(H2,23,24,26). The highest BCUT2D eigenvalue weighted by Gasteiger charge is 2.20. The van der Waals surface area contributed by atoms with Crippen LogP contribution >= 0.6 is 11.3 Å². The molecule has 1 aliphatic rings. The highest BCUT2D eigenvalue weighted by Crippen LogP contribution is 2.24. The third kappa shape index (κ3) is 7.87. The van der Waals surface area contributed by atoms with E-state index >= 15 is 0 Å². The number of nitrogens with zero attached hydrogens (tertiary/aromatic N) is 3. The predicted octanol–water partition coefficient (Wildman–Crippen LogP) is 3.76. The van der Waals surface area contributed by atoms with E-state index in [2.05, 4.69) is 34.4 Å². The number of guanidine groups is 1. The molecule has 2 rings (SSSR count). The van der Waals surface area contributed by atoms with Crippen LogP contribution in [0.15, 0.2) is 4.99 Å². The van der Waals surface area contributed by atoms with Crippen molar-refractivity contribution in [2.24, 2.45) is 10.9 Å². The van der Waals surface area contributed by atoms with Gasteiger partial charge in [-0.1, -0.05) is 6.92 Å². The summed E-state index contributed by atoms with van der Waals surface area (Å²) in [5, 5.41) is 7.59. The molecule has 2 atom stereocenters. The zero-order valence-corrected chi connectivity index (χ0v) is 20.1. The SMILES string of the molecule is CCNC(=NCCCCN1CCCC(C)C1)NC(C)c1nc(C)c(C(=O)OCC)s1. The van der Waals surface area contributed by atoms with Gasteiger partial charge in [0.15, 0.2) is 5.96 Å². The Morgan fingerprint density at radius 3 is 2.90 bits per heavy atom. The molecule has 8 heteroatoms. The van der Waals surface area contributed by atoms with Gasteiger partial charge < -0.3 is 20.3 Å². The van der Waals surface area contributed by atoms with Gasteiger partial charge in [0.2, 0.25) is 0 Å². The Hall–Kier alpha value is -1.67. The number of aliphatic imine (C=N–C) groups is 1. The zero-order valence-electron chi connectivity index (χ0n) is 19.3. The van der Waals surface area contributed by atoms with Gasteiger partial charge in [-0.15, -0.1) is 11.3 Å². The Balaban J connectivity index is 1.83. The molecule has 1 aliphatic heterocycles. The monoisotopic (exact) mass is 437 g/mol. The van der Waals surface area contributed by atoms with Gasteiger partial charge in [0.05, 0.1) is 18.3 Å². The summed E-state index contributed by atoms with van der Waals surface area (Å²) in [6, 6.07) is -0.0375. The maximum Gasteiger partial charge on any atom is 0.350 e. The summed E-state index contributed by atoms with van der Waals surface area (Å²) in [4.78, 5) is 24.5. The number of hydrogen-bond donors (Lipinski definition) is 2. The zero-order chi connectivity index (χ0) is 21.9. The van der Waals surface area contributed by atoms with Crippen molar-refractivity contribution in [3.63, 3.8) is 0 Å². The molecule has 0 bridgehead atoms. The second-order valence-electron chi connectivity index (χ2n) is 8.07. The molecule has 2 unspecified atom stereocenters. The van der Waals surface area contributed by atoms with Gasteiger partial charge in [0.25, 0.3) is 0 Å². The number of piperidine rings is 1. The fourth-order valence-corrected chi connectivity index (χ4v) is 4.67. The van der Waals surface area contributed by atoms with Gasteiger partial charge >= 0.3 is 5.97 Å². The Kier molecular flexibility index (Phi) is 10.6. The van der Waals surface area contributed by atoms with Crippen LogP contribution in [0.25, 0.3) is 0 Å². The largest absolute Gasteiger partial charge is 0.462 e. The van der Waals surface area contributed by atoms with E-state index in [4.69, 9.17) is 9.73 Å². The number of nitrogens with one attached hydrogen (secondary N) is 2. The summed E-state index contributed by atoms with van der Waals surface area (Å²) in [5.41, 5.74) is 0.719. The number of thiazole rings is 1. The van der Waals surface area contributed by atoms with E-state index in [1.807, 2.05) is 20.8 Å². The van der Waals surface area contributed by atoms with Crippen molar-refractivity contribution < 1.29 is 9.53 Å². The summed E-state index contributed by atoms with van der Waals surface area (Å²) < 4.78 is 5.12. The van der Waals surface area contributed by atoms with Crippen molar-refractivity contribution in [2.45, 2.75) is 66.3 Å². The van der Waals surface area contributed by atoms with Crippen LogP contribution in [-0.4, -0.2) is 61.1 Å². The molecular formula is C22H39N5O2S. The predicted molar refractivity (Wildman–Crippen MR) is 124 cm³/mol. The van der Waals surface area contributed by atoms with E-state index in [-0.39, 0.29) is 12.0 Å². The van der Waals surface area contributed by atoms with E-state index in [0.717, 1.165) is 42.1 Å². The van der Waals surface area contributed by atoms with E-state index in [1.165, 1.54) is 50.2 Å². The molecule has 0 spiro atoms. The van der Waals surface area contributed by atoms with Gasteiger partial charge in [0, 0.05) is 19.6 Å². The lowest BCUT2D eigenvalue weighted by Crippen LogP contribution is -2.38. The van der Waals surface area contributed by atoms with Crippen molar-refractivity contribution in [1.82, 2.24) is 20.5 Å². The van der Waals surface area contributed by atoms with Gasteiger partial charge in [-0.25, -0.2) is 9.78 Å². The minimum absolute atomic E-state index is 0.0375. The average molecular weight is 438 g/mol. The van der Waals surface area contributed by atoms with Crippen LogP contribution in [0, 0.1) is 12.8 Å². The van der Waals surface area contributed by atoms with Crippen LogP contribution in [0.4, 0.5) is 0 Å². The van der Waals surface area contributed by atoms with Gasteiger partial charge in [-0.3, -0.25) is 4.99 Å². The molecule has 1 fully saturated rings. The number of hydrogen-bond acceptors (Lipinski definition) is 6. The number of aryl methyl sites for hydroxylation is 1. The number of likely N-dealkylation sites (tertiary alicyclic amines) is 1. The van der Waals surface area contributed by atoms with Gasteiger partial charge in [-0.2, -0.15) is 0 Å². The fraction of sp³-hybridized carbons (Fsp3) is 0.773. The van der Waals surface area contributed by atoms with E-state index in [1.54, 1.807) is 0 Å². The first-order chi connectivity index (χ1) is 14.4. The lowest BCUT2D eigenvalue weighted by Gasteiger charge is -2.30. The van der Waals surface area contributed by atoms with Crippen molar-refractivity contribution in [3.05, 3.63) is 15.6 Å². The van der Waals surface area contributed by atoms with Crippen LogP contribution in [-0.2, 0) is 4.74 Å². The molecule has 1 aromatic heterocycles. The summed E-state index contributed by atoms with van der Waals surface area (Å²) in [6.07, 6.45) is 4.97. The molecule has 0 saturated carbocycles. The molecule has 0 amide bonds. The Labute approximate surface area is 185 Å². The molecule has 0 aromatic carbocycles. The minimum Gasteiger partial charge on any atom is -0.462 e. The van der Waals surface area contributed by atoms with Crippen LogP contribution in [0.2, 0.25) is 0 Å². The first-order valence-electron chi connectivity index (χ1n) is 11.4. The lowest BCUT2D eigenvalue weighted by atomic mass is 10.0. The summed E-state index contributed by atoms with van der Waals surface area (Å²) in [6.45, 7) is 15.7. The third-order valence-corrected chi connectivity index (χ3v) is 6.56. The van der Waals surface area contributed by atoms with Crippen LogP contribution in [0.1, 0.15) is 79.8 Å².